The molecule has 1 N–H and O–H groups in total. The highest BCUT2D eigenvalue weighted by Gasteiger charge is 2.38. The molecule has 25 heavy (non-hydrogen) atoms. The monoisotopic (exact) mass is 342 g/mol. The van der Waals surface area contributed by atoms with E-state index in [1.165, 1.54) is 0 Å². The summed E-state index contributed by atoms with van der Waals surface area (Å²) in [6.45, 7) is 2.14. The first-order valence-corrected chi connectivity index (χ1v) is 8.38. The SMILES string of the molecule is C[C@@H]1O[C@H](O)[C@@H](OCc2ccccc2)C[C@@H]1OC(=O)c1ccccc1. The molecule has 4 atom stereocenters. The van der Waals surface area contributed by atoms with E-state index in [1.54, 1.807) is 31.2 Å². The van der Waals surface area contributed by atoms with Gasteiger partial charge in [0.25, 0.3) is 0 Å². The summed E-state index contributed by atoms with van der Waals surface area (Å²) in [4.78, 5) is 12.2. The molecule has 1 fully saturated rings. The zero-order valence-electron chi connectivity index (χ0n) is 14.1. The Morgan fingerprint density at radius 2 is 1.72 bits per heavy atom. The highest BCUT2D eigenvalue weighted by Crippen LogP contribution is 2.25. The molecule has 1 aliphatic rings. The van der Waals surface area contributed by atoms with Crippen LogP contribution in [0.15, 0.2) is 60.7 Å². The molecule has 2 aromatic rings. The fourth-order valence-corrected chi connectivity index (χ4v) is 2.78. The Morgan fingerprint density at radius 3 is 2.40 bits per heavy atom. The van der Waals surface area contributed by atoms with Crippen molar-refractivity contribution in [2.24, 2.45) is 0 Å². The van der Waals surface area contributed by atoms with E-state index < -0.39 is 30.6 Å². The molecule has 0 radical (unpaired) electrons. The summed E-state index contributed by atoms with van der Waals surface area (Å²) in [5.74, 6) is -0.403. The molecule has 0 amide bonds. The van der Waals surface area contributed by atoms with Gasteiger partial charge in [-0.05, 0) is 24.6 Å². The van der Waals surface area contributed by atoms with Crippen LogP contribution in [-0.4, -0.2) is 35.7 Å². The number of hydrogen-bond donors (Lipinski definition) is 1. The van der Waals surface area contributed by atoms with Crippen LogP contribution >= 0.6 is 0 Å². The summed E-state index contributed by atoms with van der Waals surface area (Å²) in [6.07, 6.45) is -2.08. The topological polar surface area (TPSA) is 65.0 Å². The number of aliphatic hydroxyl groups excluding tert-OH is 1. The summed E-state index contributed by atoms with van der Waals surface area (Å²) < 4.78 is 16.8. The third kappa shape index (κ3) is 4.66. The molecule has 0 bridgehead atoms. The van der Waals surface area contributed by atoms with E-state index in [1.807, 2.05) is 36.4 Å². The van der Waals surface area contributed by atoms with Crippen molar-refractivity contribution in [3.05, 3.63) is 71.8 Å². The minimum Gasteiger partial charge on any atom is -0.456 e. The van der Waals surface area contributed by atoms with Gasteiger partial charge in [0.1, 0.15) is 12.2 Å². The van der Waals surface area contributed by atoms with E-state index in [4.69, 9.17) is 14.2 Å². The Hall–Kier alpha value is -2.21. The number of rotatable bonds is 5. The van der Waals surface area contributed by atoms with Gasteiger partial charge in [-0.1, -0.05) is 48.5 Å². The van der Waals surface area contributed by atoms with Gasteiger partial charge in [-0.3, -0.25) is 0 Å². The van der Waals surface area contributed by atoms with Crippen LogP contribution in [0.1, 0.15) is 29.3 Å². The number of ether oxygens (including phenoxy) is 3. The second kappa shape index (κ2) is 8.25. The molecule has 0 aromatic heterocycles. The lowest BCUT2D eigenvalue weighted by atomic mass is 10.0. The molecule has 0 spiro atoms. The number of carbonyl (C=O) groups excluding carboxylic acids is 1. The van der Waals surface area contributed by atoms with E-state index in [2.05, 4.69) is 0 Å². The van der Waals surface area contributed by atoms with Gasteiger partial charge in [0, 0.05) is 6.42 Å². The van der Waals surface area contributed by atoms with E-state index in [0.717, 1.165) is 5.56 Å². The van der Waals surface area contributed by atoms with Crippen molar-refractivity contribution in [3.8, 4) is 0 Å². The Morgan fingerprint density at radius 1 is 1.08 bits per heavy atom. The van der Waals surface area contributed by atoms with Gasteiger partial charge in [0.05, 0.1) is 18.3 Å². The Bertz CT molecular complexity index is 673. The zero-order valence-corrected chi connectivity index (χ0v) is 14.1. The van der Waals surface area contributed by atoms with Crippen molar-refractivity contribution < 1.29 is 24.1 Å². The fraction of sp³-hybridized carbons (Fsp3) is 0.350. The number of hydrogen-bond acceptors (Lipinski definition) is 5. The minimum atomic E-state index is -1.04. The molecular formula is C20H22O5. The normalized spacial score (nSPS) is 26.2. The van der Waals surface area contributed by atoms with Gasteiger partial charge in [-0.2, -0.15) is 0 Å². The highest BCUT2D eigenvalue weighted by molar-refractivity contribution is 5.89. The van der Waals surface area contributed by atoms with Gasteiger partial charge < -0.3 is 19.3 Å². The summed E-state index contributed by atoms with van der Waals surface area (Å²) >= 11 is 0. The standard InChI is InChI=1S/C20H22O5/c1-14-17(25-19(21)16-10-6-3-7-11-16)12-18(20(22)24-14)23-13-15-8-4-2-5-9-15/h2-11,14,17-18,20,22H,12-13H2,1H3/t14-,17-,18-,20-/m0/s1. The largest absolute Gasteiger partial charge is 0.456 e. The van der Waals surface area contributed by atoms with Gasteiger partial charge in [0.15, 0.2) is 6.29 Å². The maximum absolute atomic E-state index is 12.2. The van der Waals surface area contributed by atoms with Crippen LogP contribution in [-0.2, 0) is 20.8 Å². The summed E-state index contributed by atoms with van der Waals surface area (Å²) in [7, 11) is 0. The van der Waals surface area contributed by atoms with Crippen molar-refractivity contribution in [1.29, 1.82) is 0 Å². The average molecular weight is 342 g/mol. The Labute approximate surface area is 147 Å². The van der Waals surface area contributed by atoms with Gasteiger partial charge in [0.2, 0.25) is 0 Å². The lowest BCUT2D eigenvalue weighted by molar-refractivity contribution is -0.253. The van der Waals surface area contributed by atoms with Crippen LogP contribution < -0.4 is 0 Å². The van der Waals surface area contributed by atoms with Gasteiger partial charge in [-0.25, -0.2) is 4.79 Å². The van der Waals surface area contributed by atoms with Crippen molar-refractivity contribution >= 4 is 5.97 Å². The van der Waals surface area contributed by atoms with Crippen molar-refractivity contribution in [2.45, 2.75) is 44.6 Å². The van der Waals surface area contributed by atoms with E-state index in [9.17, 15) is 9.90 Å². The molecule has 5 heteroatoms. The lowest BCUT2D eigenvalue weighted by Crippen LogP contribution is -2.48. The third-order valence-electron chi connectivity index (χ3n) is 4.24. The number of esters is 1. The first-order valence-electron chi connectivity index (χ1n) is 8.38. The second-order valence-corrected chi connectivity index (χ2v) is 6.11. The van der Waals surface area contributed by atoms with Crippen LogP contribution in [0, 0.1) is 0 Å². The first-order chi connectivity index (χ1) is 12.1. The molecule has 1 saturated heterocycles. The van der Waals surface area contributed by atoms with Crippen molar-refractivity contribution in [1.82, 2.24) is 0 Å². The van der Waals surface area contributed by atoms with E-state index >= 15 is 0 Å². The molecule has 5 nitrogen and oxygen atoms in total. The molecule has 132 valence electrons. The number of aliphatic hydroxyl groups is 1. The maximum atomic E-state index is 12.2. The van der Waals surface area contributed by atoms with E-state index in [0.29, 0.717) is 18.6 Å². The Kier molecular flexibility index (Phi) is 5.81. The lowest BCUT2D eigenvalue weighted by Gasteiger charge is -2.37. The second-order valence-electron chi connectivity index (χ2n) is 6.11. The van der Waals surface area contributed by atoms with Gasteiger partial charge >= 0.3 is 5.97 Å². The molecule has 1 heterocycles. The fourth-order valence-electron chi connectivity index (χ4n) is 2.78. The summed E-state index contributed by atoms with van der Waals surface area (Å²) in [5.41, 5.74) is 1.49. The zero-order chi connectivity index (χ0) is 17.6. The maximum Gasteiger partial charge on any atom is 0.338 e. The third-order valence-corrected chi connectivity index (χ3v) is 4.24. The average Bonchev–Trinajstić information content (AvgIpc) is 2.64. The van der Waals surface area contributed by atoms with Crippen molar-refractivity contribution in [2.75, 3.05) is 0 Å². The highest BCUT2D eigenvalue weighted by atomic mass is 16.7. The summed E-state index contributed by atoms with van der Waals surface area (Å²) in [6, 6.07) is 18.5. The van der Waals surface area contributed by atoms with Crippen LogP contribution in [0.25, 0.3) is 0 Å². The number of carbonyl (C=O) groups is 1. The first kappa shape index (κ1) is 17.6. The molecule has 0 unspecified atom stereocenters. The van der Waals surface area contributed by atoms with Gasteiger partial charge in [-0.15, -0.1) is 0 Å². The van der Waals surface area contributed by atoms with Crippen molar-refractivity contribution in [3.63, 3.8) is 0 Å². The number of benzene rings is 2. The quantitative estimate of drug-likeness (QED) is 0.847. The predicted molar refractivity (Wildman–Crippen MR) is 91.8 cm³/mol. The van der Waals surface area contributed by atoms with Crippen LogP contribution in [0.4, 0.5) is 0 Å². The molecule has 1 aliphatic heterocycles. The molecule has 2 aromatic carbocycles. The van der Waals surface area contributed by atoms with Crippen LogP contribution in [0.3, 0.4) is 0 Å². The smallest absolute Gasteiger partial charge is 0.338 e. The minimum absolute atomic E-state index is 0.361. The Balaban J connectivity index is 1.59. The summed E-state index contributed by atoms with van der Waals surface area (Å²) in [5, 5.41) is 10.1. The molecule has 0 aliphatic carbocycles. The molecule has 0 saturated carbocycles. The van der Waals surface area contributed by atoms with Crippen LogP contribution in [0.2, 0.25) is 0 Å². The van der Waals surface area contributed by atoms with Crippen LogP contribution in [0.5, 0.6) is 0 Å². The van der Waals surface area contributed by atoms with E-state index in [-0.39, 0.29) is 0 Å². The predicted octanol–water partition coefficient (Wildman–Crippen LogP) is 2.92. The molecular weight excluding hydrogens is 320 g/mol. The molecule has 3 rings (SSSR count).